The molecule has 2 N–H and O–H groups in total. The molecule has 1 aromatic heterocycles. The molecule has 5 heteroatoms. The van der Waals surface area contributed by atoms with Crippen LogP contribution in [0.4, 0.5) is 5.13 Å². The number of nitrogens with zero attached hydrogens (tertiary/aromatic N) is 1. The van der Waals surface area contributed by atoms with E-state index in [9.17, 15) is 4.79 Å². The van der Waals surface area contributed by atoms with Crippen LogP contribution < -0.4 is 5.32 Å². The van der Waals surface area contributed by atoms with Gasteiger partial charge in [0.05, 0.1) is 5.69 Å². The molecule has 0 bridgehead atoms. The second kappa shape index (κ2) is 4.29. The van der Waals surface area contributed by atoms with Crippen LogP contribution in [0, 0.1) is 5.92 Å². The van der Waals surface area contributed by atoms with Crippen molar-refractivity contribution in [1.82, 2.24) is 4.98 Å². The van der Waals surface area contributed by atoms with E-state index in [0.717, 1.165) is 11.0 Å². The van der Waals surface area contributed by atoms with Crippen molar-refractivity contribution in [2.75, 3.05) is 5.32 Å². The van der Waals surface area contributed by atoms with Gasteiger partial charge in [0.2, 0.25) is 0 Å². The number of carboxylic acids is 1. The van der Waals surface area contributed by atoms with Crippen molar-refractivity contribution in [3.63, 3.8) is 0 Å². The van der Waals surface area contributed by atoms with Crippen molar-refractivity contribution in [1.29, 1.82) is 0 Å². The summed E-state index contributed by atoms with van der Waals surface area (Å²) in [5, 5.41) is 15.1. The summed E-state index contributed by atoms with van der Waals surface area (Å²) < 4.78 is 0. The Labute approximate surface area is 105 Å². The molecular formula is C12H18N2O2S. The SMILES string of the molecule is CC(Nc1nc(C(C)(C)C(=O)O)cs1)C1CC1. The monoisotopic (exact) mass is 254 g/mol. The molecule has 0 amide bonds. The van der Waals surface area contributed by atoms with Gasteiger partial charge in [-0.2, -0.15) is 0 Å². The average molecular weight is 254 g/mol. The van der Waals surface area contributed by atoms with Crippen LogP contribution in [0.15, 0.2) is 5.38 Å². The van der Waals surface area contributed by atoms with Crippen molar-refractivity contribution in [3.8, 4) is 0 Å². The first-order chi connectivity index (χ1) is 7.91. The first kappa shape index (κ1) is 12.4. The zero-order chi connectivity index (χ0) is 12.6. The largest absolute Gasteiger partial charge is 0.481 e. The average Bonchev–Trinajstić information content (AvgIpc) is 2.99. The molecule has 1 aromatic rings. The predicted molar refractivity (Wildman–Crippen MR) is 68.6 cm³/mol. The van der Waals surface area contributed by atoms with Gasteiger partial charge in [-0.3, -0.25) is 4.79 Å². The highest BCUT2D eigenvalue weighted by Crippen LogP contribution is 2.35. The predicted octanol–water partition coefficient (Wildman–Crippen LogP) is 2.72. The maximum atomic E-state index is 11.1. The van der Waals surface area contributed by atoms with Crippen molar-refractivity contribution >= 4 is 22.4 Å². The van der Waals surface area contributed by atoms with Crippen LogP contribution in [-0.4, -0.2) is 22.1 Å². The molecule has 0 spiro atoms. The van der Waals surface area contributed by atoms with Crippen LogP contribution >= 0.6 is 11.3 Å². The third-order valence-electron chi connectivity index (χ3n) is 3.36. The quantitative estimate of drug-likeness (QED) is 0.848. The van der Waals surface area contributed by atoms with E-state index in [1.165, 1.54) is 24.2 Å². The molecule has 17 heavy (non-hydrogen) atoms. The van der Waals surface area contributed by atoms with E-state index < -0.39 is 11.4 Å². The van der Waals surface area contributed by atoms with Gasteiger partial charge in [0.25, 0.3) is 0 Å². The molecule has 1 atom stereocenters. The smallest absolute Gasteiger partial charge is 0.315 e. The third-order valence-corrected chi connectivity index (χ3v) is 4.13. The molecule has 2 rings (SSSR count). The summed E-state index contributed by atoms with van der Waals surface area (Å²) >= 11 is 1.48. The zero-order valence-corrected chi connectivity index (χ0v) is 11.2. The highest BCUT2D eigenvalue weighted by atomic mass is 32.1. The minimum absolute atomic E-state index is 0.432. The summed E-state index contributed by atoms with van der Waals surface area (Å²) in [7, 11) is 0. The first-order valence-electron chi connectivity index (χ1n) is 5.87. The minimum atomic E-state index is -0.917. The van der Waals surface area contributed by atoms with Gasteiger partial charge in [-0.25, -0.2) is 4.98 Å². The van der Waals surface area contributed by atoms with E-state index >= 15 is 0 Å². The van der Waals surface area contributed by atoms with Gasteiger partial charge >= 0.3 is 5.97 Å². The van der Waals surface area contributed by atoms with Gasteiger partial charge in [0.1, 0.15) is 5.41 Å². The van der Waals surface area contributed by atoms with Crippen molar-refractivity contribution < 1.29 is 9.90 Å². The fraction of sp³-hybridized carbons (Fsp3) is 0.667. The minimum Gasteiger partial charge on any atom is -0.481 e. The molecular weight excluding hydrogens is 236 g/mol. The van der Waals surface area contributed by atoms with E-state index in [0.29, 0.717) is 11.7 Å². The van der Waals surface area contributed by atoms with Gasteiger partial charge in [0, 0.05) is 11.4 Å². The fourth-order valence-electron chi connectivity index (χ4n) is 1.65. The Kier molecular flexibility index (Phi) is 3.12. The molecule has 1 saturated carbocycles. The van der Waals surface area contributed by atoms with Crippen LogP contribution in [0.25, 0.3) is 0 Å². The number of nitrogens with one attached hydrogen (secondary N) is 1. The highest BCUT2D eigenvalue weighted by molar-refractivity contribution is 7.13. The number of rotatable bonds is 5. The lowest BCUT2D eigenvalue weighted by atomic mass is 9.90. The molecule has 4 nitrogen and oxygen atoms in total. The lowest BCUT2D eigenvalue weighted by molar-refractivity contribution is -0.142. The molecule has 1 heterocycles. The van der Waals surface area contributed by atoms with Crippen LogP contribution in [0.2, 0.25) is 0 Å². The molecule has 1 aliphatic rings. The molecule has 94 valence electrons. The molecule has 1 unspecified atom stereocenters. The maximum Gasteiger partial charge on any atom is 0.315 e. The Bertz CT molecular complexity index is 424. The topological polar surface area (TPSA) is 62.2 Å². The Morgan fingerprint density at radius 3 is 2.82 bits per heavy atom. The van der Waals surface area contributed by atoms with E-state index in [1.807, 2.05) is 5.38 Å². The zero-order valence-electron chi connectivity index (χ0n) is 10.4. The van der Waals surface area contributed by atoms with Gasteiger partial charge in [-0.1, -0.05) is 0 Å². The highest BCUT2D eigenvalue weighted by Gasteiger charge is 2.33. The molecule has 1 fully saturated rings. The van der Waals surface area contributed by atoms with Crippen LogP contribution in [0.3, 0.4) is 0 Å². The van der Waals surface area contributed by atoms with Crippen LogP contribution in [0.5, 0.6) is 0 Å². The number of hydrogen-bond acceptors (Lipinski definition) is 4. The van der Waals surface area contributed by atoms with E-state index in [4.69, 9.17) is 5.11 Å². The summed E-state index contributed by atoms with van der Waals surface area (Å²) in [5.41, 5.74) is -0.292. The van der Waals surface area contributed by atoms with Crippen LogP contribution in [0.1, 0.15) is 39.3 Å². The summed E-state index contributed by atoms with van der Waals surface area (Å²) in [4.78, 5) is 15.5. The van der Waals surface area contributed by atoms with Gasteiger partial charge in [-0.15, -0.1) is 11.3 Å². The Morgan fingerprint density at radius 1 is 1.65 bits per heavy atom. The number of thiazole rings is 1. The Hall–Kier alpha value is -1.10. The number of carboxylic acid groups (broad SMARTS) is 1. The summed E-state index contributed by atoms with van der Waals surface area (Å²) in [6, 6.07) is 0.432. The summed E-state index contributed by atoms with van der Waals surface area (Å²) in [6.07, 6.45) is 2.57. The molecule has 1 aliphatic carbocycles. The molecule has 0 saturated heterocycles. The summed E-state index contributed by atoms with van der Waals surface area (Å²) in [5.74, 6) is -0.0839. The van der Waals surface area contributed by atoms with E-state index in [1.54, 1.807) is 13.8 Å². The number of aliphatic carboxylic acids is 1. The van der Waals surface area contributed by atoms with Gasteiger partial charge in [-0.05, 0) is 39.5 Å². The van der Waals surface area contributed by atoms with Gasteiger partial charge in [0.15, 0.2) is 5.13 Å². The lowest BCUT2D eigenvalue weighted by Gasteiger charge is -2.16. The van der Waals surface area contributed by atoms with Crippen molar-refractivity contribution in [3.05, 3.63) is 11.1 Å². The Balaban J connectivity index is 2.07. The fourth-order valence-corrected chi connectivity index (χ4v) is 2.62. The first-order valence-corrected chi connectivity index (χ1v) is 6.75. The van der Waals surface area contributed by atoms with E-state index in [-0.39, 0.29) is 0 Å². The van der Waals surface area contributed by atoms with Crippen LogP contribution in [-0.2, 0) is 10.2 Å². The second-order valence-electron chi connectivity index (χ2n) is 5.24. The van der Waals surface area contributed by atoms with Gasteiger partial charge < -0.3 is 10.4 Å². The summed E-state index contributed by atoms with van der Waals surface area (Å²) in [6.45, 7) is 5.51. The molecule has 0 aromatic carbocycles. The van der Waals surface area contributed by atoms with Crippen molar-refractivity contribution in [2.24, 2.45) is 5.92 Å². The van der Waals surface area contributed by atoms with E-state index in [2.05, 4.69) is 17.2 Å². The standard InChI is InChI=1S/C12H18N2O2S/c1-7(8-4-5-8)13-11-14-9(6-17-11)12(2,3)10(15)16/h6-8H,4-5H2,1-3H3,(H,13,14)(H,15,16). The number of anilines is 1. The number of hydrogen-bond donors (Lipinski definition) is 2. The molecule has 0 radical (unpaired) electrons. The normalized spacial score (nSPS) is 17.8. The molecule has 0 aliphatic heterocycles. The Morgan fingerprint density at radius 2 is 2.29 bits per heavy atom. The number of aromatic nitrogens is 1. The lowest BCUT2D eigenvalue weighted by Crippen LogP contribution is -2.29. The second-order valence-corrected chi connectivity index (χ2v) is 6.10. The van der Waals surface area contributed by atoms with Crippen molar-refractivity contribution in [2.45, 2.75) is 45.1 Å². The number of carbonyl (C=O) groups is 1. The maximum absolute atomic E-state index is 11.1. The third kappa shape index (κ3) is 2.60.